The van der Waals surface area contributed by atoms with Crippen LogP contribution in [0.25, 0.3) is 0 Å². The van der Waals surface area contributed by atoms with Crippen LogP contribution in [-0.2, 0) is 24.3 Å². The van der Waals surface area contributed by atoms with Gasteiger partial charge in [0.25, 0.3) is 0 Å². The van der Waals surface area contributed by atoms with Crippen molar-refractivity contribution >= 4 is 22.0 Å². The summed E-state index contributed by atoms with van der Waals surface area (Å²) in [6.45, 7) is -0.681. The monoisotopic (exact) mass is 225 g/mol. The maximum atomic E-state index is 11.2. The first kappa shape index (κ1) is 12.8. The van der Waals surface area contributed by atoms with Crippen molar-refractivity contribution in [3.05, 3.63) is 0 Å². The van der Waals surface area contributed by atoms with Crippen LogP contribution in [0.15, 0.2) is 0 Å². The molecule has 0 aromatic rings. The van der Waals surface area contributed by atoms with E-state index in [0.717, 1.165) is 14.2 Å². The maximum absolute atomic E-state index is 11.2. The van der Waals surface area contributed by atoms with E-state index in [-0.39, 0.29) is 0 Å². The van der Waals surface area contributed by atoms with Crippen LogP contribution >= 0.6 is 0 Å². The fourth-order valence-corrected chi connectivity index (χ4v) is 1.55. The molecule has 7 nitrogen and oxygen atoms in total. The molecule has 0 saturated heterocycles. The normalized spacial score (nSPS) is 11.4. The molecule has 0 atom stereocenters. The minimum Gasteiger partial charge on any atom is -0.480 e. The van der Waals surface area contributed by atoms with Crippen molar-refractivity contribution in [1.29, 1.82) is 0 Å². The summed E-state index contributed by atoms with van der Waals surface area (Å²) >= 11 is 0. The van der Waals surface area contributed by atoms with Crippen LogP contribution in [-0.4, -0.2) is 56.2 Å². The number of nitrogens with zero attached hydrogens (tertiary/aromatic N) is 1. The van der Waals surface area contributed by atoms with E-state index in [1.807, 2.05) is 0 Å². The Morgan fingerprint density at radius 2 is 1.93 bits per heavy atom. The number of methoxy groups -OCH3 is 1. The van der Waals surface area contributed by atoms with Crippen LogP contribution in [0.3, 0.4) is 0 Å². The predicted molar refractivity (Wildman–Crippen MR) is 46.1 cm³/mol. The molecule has 1 N–H and O–H groups in total. The molecule has 0 saturated carbocycles. The molecule has 0 fully saturated rings. The lowest BCUT2D eigenvalue weighted by atomic mass is 10.7. The van der Waals surface area contributed by atoms with E-state index in [2.05, 4.69) is 4.74 Å². The fraction of sp³-hybridized carbons (Fsp3) is 0.667. The first-order valence-corrected chi connectivity index (χ1v) is 5.13. The molecule has 0 spiro atoms. The minimum absolute atomic E-state index is 0.576. The first-order chi connectivity index (χ1) is 6.29. The SMILES string of the molecule is COC(=O)CS(=O)(=O)N(C)CC(=O)O. The Labute approximate surface area is 81.3 Å². The Kier molecular flexibility index (Phi) is 4.51. The number of esters is 1. The van der Waals surface area contributed by atoms with E-state index in [0.29, 0.717) is 4.31 Å². The largest absolute Gasteiger partial charge is 0.480 e. The number of carboxylic acid groups (broad SMARTS) is 1. The molecule has 0 unspecified atom stereocenters. The Hall–Kier alpha value is -1.15. The van der Waals surface area contributed by atoms with Gasteiger partial charge in [-0.15, -0.1) is 0 Å². The Bertz CT molecular complexity index is 321. The highest BCUT2D eigenvalue weighted by molar-refractivity contribution is 7.89. The minimum atomic E-state index is -3.89. The van der Waals surface area contributed by atoms with Gasteiger partial charge in [-0.2, -0.15) is 4.31 Å². The molecule has 14 heavy (non-hydrogen) atoms. The summed E-state index contributed by atoms with van der Waals surface area (Å²) in [5, 5.41) is 8.32. The van der Waals surface area contributed by atoms with Crippen LogP contribution in [0.2, 0.25) is 0 Å². The Morgan fingerprint density at radius 1 is 1.43 bits per heavy atom. The van der Waals surface area contributed by atoms with Gasteiger partial charge in [0.1, 0.15) is 6.54 Å². The van der Waals surface area contributed by atoms with Crippen molar-refractivity contribution in [2.45, 2.75) is 0 Å². The van der Waals surface area contributed by atoms with Gasteiger partial charge in [0, 0.05) is 7.05 Å². The third-order valence-corrected chi connectivity index (χ3v) is 3.04. The van der Waals surface area contributed by atoms with Crippen molar-refractivity contribution in [3.8, 4) is 0 Å². The van der Waals surface area contributed by atoms with Gasteiger partial charge in [0.15, 0.2) is 5.75 Å². The lowest BCUT2D eigenvalue weighted by Gasteiger charge is -2.13. The summed E-state index contributed by atoms with van der Waals surface area (Å²) in [6, 6.07) is 0. The first-order valence-electron chi connectivity index (χ1n) is 3.52. The number of aliphatic carboxylic acids is 1. The van der Waals surface area contributed by atoms with Crippen LogP contribution in [0.5, 0.6) is 0 Å². The Morgan fingerprint density at radius 3 is 2.29 bits per heavy atom. The van der Waals surface area contributed by atoms with Gasteiger partial charge in [0.05, 0.1) is 7.11 Å². The molecule has 82 valence electrons. The number of rotatable bonds is 5. The van der Waals surface area contributed by atoms with E-state index >= 15 is 0 Å². The molecule has 0 aliphatic carbocycles. The van der Waals surface area contributed by atoms with Gasteiger partial charge in [-0.1, -0.05) is 0 Å². The summed E-state index contributed by atoms with van der Waals surface area (Å²) < 4.78 is 27.1. The highest BCUT2D eigenvalue weighted by Gasteiger charge is 2.23. The van der Waals surface area contributed by atoms with Gasteiger partial charge in [-0.05, 0) is 0 Å². The second-order valence-electron chi connectivity index (χ2n) is 2.48. The Balaban J connectivity index is 4.46. The number of likely N-dealkylation sites (N-methyl/N-ethyl adjacent to an activating group) is 1. The molecule has 0 rings (SSSR count). The fourth-order valence-electron chi connectivity index (χ4n) is 0.607. The average Bonchev–Trinajstić information content (AvgIpc) is 2.02. The van der Waals surface area contributed by atoms with Gasteiger partial charge in [-0.25, -0.2) is 8.42 Å². The van der Waals surface area contributed by atoms with Gasteiger partial charge >= 0.3 is 11.9 Å². The zero-order chi connectivity index (χ0) is 11.4. The lowest BCUT2D eigenvalue weighted by Crippen LogP contribution is -2.36. The van der Waals surface area contributed by atoms with Crippen molar-refractivity contribution in [1.82, 2.24) is 4.31 Å². The molecule has 0 aromatic carbocycles. The summed E-state index contributed by atoms with van der Waals surface area (Å²) in [6.07, 6.45) is 0. The van der Waals surface area contributed by atoms with Gasteiger partial charge in [-0.3, -0.25) is 9.59 Å². The van der Waals surface area contributed by atoms with E-state index in [1.54, 1.807) is 0 Å². The topological polar surface area (TPSA) is 101 Å². The number of hydrogen-bond donors (Lipinski definition) is 1. The van der Waals surface area contributed by atoms with E-state index in [4.69, 9.17) is 5.11 Å². The zero-order valence-electron chi connectivity index (χ0n) is 7.76. The van der Waals surface area contributed by atoms with Crippen molar-refractivity contribution in [2.75, 3.05) is 26.5 Å². The lowest BCUT2D eigenvalue weighted by molar-refractivity contribution is -0.138. The number of sulfonamides is 1. The quantitative estimate of drug-likeness (QED) is 0.572. The maximum Gasteiger partial charge on any atom is 0.322 e. The molecule has 0 heterocycles. The molecular weight excluding hydrogens is 214 g/mol. The van der Waals surface area contributed by atoms with Gasteiger partial charge < -0.3 is 9.84 Å². The van der Waals surface area contributed by atoms with E-state index in [9.17, 15) is 18.0 Å². The van der Waals surface area contributed by atoms with Crippen molar-refractivity contribution in [2.24, 2.45) is 0 Å². The molecular formula is C6H11NO6S. The molecule has 8 heteroatoms. The van der Waals surface area contributed by atoms with E-state index in [1.165, 1.54) is 0 Å². The molecule has 0 aliphatic rings. The second kappa shape index (κ2) is 4.91. The molecule has 0 aliphatic heterocycles. The highest BCUT2D eigenvalue weighted by Crippen LogP contribution is 1.98. The summed E-state index contributed by atoms with van der Waals surface area (Å²) in [5.41, 5.74) is 0. The molecule has 0 radical (unpaired) electrons. The standard InChI is InChI=1S/C6H11NO6S/c1-7(3-5(8)9)14(11,12)4-6(10)13-2/h3-4H2,1-2H3,(H,8,9). The van der Waals surface area contributed by atoms with Crippen molar-refractivity contribution < 1.29 is 27.9 Å². The molecule has 0 amide bonds. The second-order valence-corrected chi connectivity index (χ2v) is 4.56. The predicted octanol–water partition coefficient (Wildman–Crippen LogP) is -1.49. The average molecular weight is 225 g/mol. The third-order valence-electron chi connectivity index (χ3n) is 1.36. The summed E-state index contributed by atoms with van der Waals surface area (Å²) in [7, 11) is -1.76. The third kappa shape index (κ3) is 4.19. The van der Waals surface area contributed by atoms with Crippen LogP contribution in [0, 0.1) is 0 Å². The highest BCUT2D eigenvalue weighted by atomic mass is 32.2. The number of carbonyl (C=O) groups excluding carboxylic acids is 1. The molecule has 0 bridgehead atoms. The number of ether oxygens (including phenoxy) is 1. The summed E-state index contributed by atoms with van der Waals surface area (Å²) in [5.74, 6) is -3.07. The van der Waals surface area contributed by atoms with Crippen LogP contribution in [0.4, 0.5) is 0 Å². The smallest absolute Gasteiger partial charge is 0.322 e. The number of carboxylic acids is 1. The van der Waals surface area contributed by atoms with Crippen molar-refractivity contribution in [3.63, 3.8) is 0 Å². The zero-order valence-corrected chi connectivity index (χ0v) is 8.57. The number of hydrogen-bond acceptors (Lipinski definition) is 5. The van der Waals surface area contributed by atoms with Crippen LogP contribution < -0.4 is 0 Å². The number of carbonyl (C=O) groups is 2. The molecule has 0 aromatic heterocycles. The van der Waals surface area contributed by atoms with Gasteiger partial charge in [0.2, 0.25) is 10.0 Å². The van der Waals surface area contributed by atoms with Crippen LogP contribution in [0.1, 0.15) is 0 Å². The van der Waals surface area contributed by atoms with E-state index < -0.39 is 34.3 Å². The summed E-state index contributed by atoms with van der Waals surface area (Å²) in [4.78, 5) is 20.8.